The van der Waals surface area contributed by atoms with Crippen LogP contribution in [0.2, 0.25) is 0 Å². The molecule has 2 N–H and O–H groups in total. The molecule has 2 bridgehead atoms. The smallest absolute Gasteiger partial charge is 0.342 e. The molecule has 2 aliphatic carbocycles. The summed E-state index contributed by atoms with van der Waals surface area (Å²) in [5, 5.41) is 21.9. The second-order valence-electron chi connectivity index (χ2n) is 8.06. The third kappa shape index (κ3) is 0.962. The average molecular weight is 310 g/mol. The second kappa shape index (κ2) is 3.07. The quantitative estimate of drug-likeness (QED) is 0.479. The van der Waals surface area contributed by atoms with E-state index in [2.05, 4.69) is 0 Å². The molecular formula is C15H18O7. The molecule has 8 atom stereocenters. The number of hydrogen-bond donors (Lipinski definition) is 2. The summed E-state index contributed by atoms with van der Waals surface area (Å²) in [7, 11) is 0. The third-order valence-electron chi connectivity index (χ3n) is 6.85. The number of ether oxygens (including phenoxy) is 3. The molecule has 7 heteroatoms. The van der Waals surface area contributed by atoms with Crippen LogP contribution in [0.5, 0.6) is 0 Å². The van der Waals surface area contributed by atoms with Gasteiger partial charge in [0.2, 0.25) is 5.60 Å². The maximum absolute atomic E-state index is 12.4. The Bertz CT molecular complexity index is 638. The van der Waals surface area contributed by atoms with Crippen LogP contribution in [0.15, 0.2) is 0 Å². The first-order chi connectivity index (χ1) is 10.1. The molecule has 22 heavy (non-hydrogen) atoms. The van der Waals surface area contributed by atoms with Gasteiger partial charge in [0.1, 0.15) is 12.2 Å². The predicted molar refractivity (Wildman–Crippen MR) is 68.3 cm³/mol. The lowest BCUT2D eigenvalue weighted by molar-refractivity contribution is -0.223. The lowest BCUT2D eigenvalue weighted by Gasteiger charge is -2.53. The van der Waals surface area contributed by atoms with Crippen LogP contribution < -0.4 is 0 Å². The molecule has 0 aromatic carbocycles. The molecule has 0 radical (unpaired) electrons. The summed E-state index contributed by atoms with van der Waals surface area (Å²) < 4.78 is 16.5. The SMILES string of the molecule is CC(C)(O)[C@@H]1C2OC(=O)[C@@H]1[C@]1(O)C[C@H]3O[C@]34C(=O)O[C@H]2[C@]14C. The van der Waals surface area contributed by atoms with Crippen LogP contribution in [0, 0.1) is 17.3 Å². The Morgan fingerprint density at radius 2 is 1.95 bits per heavy atom. The molecule has 7 nitrogen and oxygen atoms in total. The molecule has 3 heterocycles. The van der Waals surface area contributed by atoms with Crippen LogP contribution in [-0.2, 0) is 23.8 Å². The number of epoxide rings is 1. The molecule has 2 saturated carbocycles. The first kappa shape index (κ1) is 13.3. The van der Waals surface area contributed by atoms with Crippen molar-refractivity contribution >= 4 is 11.9 Å². The van der Waals surface area contributed by atoms with Gasteiger partial charge in [-0.2, -0.15) is 0 Å². The van der Waals surface area contributed by atoms with Gasteiger partial charge in [0, 0.05) is 12.3 Å². The van der Waals surface area contributed by atoms with E-state index >= 15 is 0 Å². The lowest BCUT2D eigenvalue weighted by Crippen LogP contribution is -2.68. The molecule has 0 aromatic heterocycles. The summed E-state index contributed by atoms with van der Waals surface area (Å²) in [6.07, 6.45) is -1.78. The third-order valence-corrected chi connectivity index (χ3v) is 6.85. The second-order valence-corrected chi connectivity index (χ2v) is 8.06. The lowest BCUT2D eigenvalue weighted by atomic mass is 9.52. The summed E-state index contributed by atoms with van der Waals surface area (Å²) >= 11 is 0. The molecule has 5 aliphatic rings. The maximum atomic E-state index is 12.4. The van der Waals surface area contributed by atoms with Crippen molar-refractivity contribution in [1.29, 1.82) is 0 Å². The van der Waals surface area contributed by atoms with E-state index in [9.17, 15) is 19.8 Å². The van der Waals surface area contributed by atoms with Gasteiger partial charge in [0.05, 0.1) is 22.5 Å². The molecule has 0 aromatic rings. The van der Waals surface area contributed by atoms with Gasteiger partial charge in [-0.1, -0.05) is 0 Å². The van der Waals surface area contributed by atoms with Crippen molar-refractivity contribution in [3.63, 3.8) is 0 Å². The standard InChI is InChI=1S/C15H18O7/c1-12(2,18)6-7-10(16)20-8(6)9-13(3)14(7,19)4-5-15(13,22-5)11(17)21-9/h5-9,18-19H,4H2,1-3H3/t5-,6+,7-,8?,9-,13-,14-,15+/m1/s1. The molecule has 1 unspecified atom stereocenters. The van der Waals surface area contributed by atoms with E-state index in [0.717, 1.165) is 0 Å². The van der Waals surface area contributed by atoms with Crippen molar-refractivity contribution in [2.24, 2.45) is 17.3 Å². The van der Waals surface area contributed by atoms with E-state index < -0.39 is 64.3 Å². The summed E-state index contributed by atoms with van der Waals surface area (Å²) in [5.41, 5.74) is -4.89. The molecule has 1 spiro atoms. The van der Waals surface area contributed by atoms with Crippen molar-refractivity contribution in [1.82, 2.24) is 0 Å². The first-order valence-corrected chi connectivity index (χ1v) is 7.63. The van der Waals surface area contributed by atoms with Crippen LogP contribution in [-0.4, -0.2) is 57.3 Å². The number of esters is 2. The summed E-state index contributed by atoms with van der Waals surface area (Å²) in [6.45, 7) is 4.92. The van der Waals surface area contributed by atoms with Gasteiger partial charge in [-0.25, -0.2) is 4.79 Å². The fourth-order valence-corrected chi connectivity index (χ4v) is 5.83. The van der Waals surface area contributed by atoms with Crippen molar-refractivity contribution in [2.75, 3.05) is 0 Å². The number of carbonyl (C=O) groups is 2. The Labute approximate surface area is 126 Å². The minimum Gasteiger partial charge on any atom is -0.458 e. The highest BCUT2D eigenvalue weighted by Gasteiger charge is 2.95. The molecule has 3 aliphatic heterocycles. The number of rotatable bonds is 1. The fraction of sp³-hybridized carbons (Fsp3) is 0.867. The van der Waals surface area contributed by atoms with E-state index in [1.807, 2.05) is 0 Å². The minimum atomic E-state index is -1.47. The average Bonchev–Trinajstić information content (AvgIpc) is 2.85. The summed E-state index contributed by atoms with van der Waals surface area (Å²) in [4.78, 5) is 24.8. The monoisotopic (exact) mass is 310 g/mol. The molecule has 120 valence electrons. The van der Waals surface area contributed by atoms with Gasteiger partial charge in [0.25, 0.3) is 0 Å². The van der Waals surface area contributed by atoms with Crippen LogP contribution in [0.25, 0.3) is 0 Å². The van der Waals surface area contributed by atoms with E-state index in [4.69, 9.17) is 14.2 Å². The van der Waals surface area contributed by atoms with E-state index in [0.29, 0.717) is 0 Å². The largest absolute Gasteiger partial charge is 0.458 e. The highest BCUT2D eigenvalue weighted by Crippen LogP contribution is 2.77. The Morgan fingerprint density at radius 1 is 1.27 bits per heavy atom. The highest BCUT2D eigenvalue weighted by molar-refractivity contribution is 5.91. The van der Waals surface area contributed by atoms with Gasteiger partial charge in [-0.05, 0) is 20.8 Å². The first-order valence-electron chi connectivity index (χ1n) is 7.63. The Hall–Kier alpha value is -1.18. The molecule has 3 saturated heterocycles. The zero-order valence-corrected chi connectivity index (χ0v) is 12.5. The van der Waals surface area contributed by atoms with Crippen molar-refractivity contribution < 1.29 is 34.0 Å². The number of fused-ring (bicyclic) bond motifs is 4. The zero-order valence-electron chi connectivity index (χ0n) is 12.5. The Kier molecular flexibility index (Phi) is 1.85. The van der Waals surface area contributed by atoms with Gasteiger partial charge in [-0.3, -0.25) is 4.79 Å². The van der Waals surface area contributed by atoms with Crippen LogP contribution in [0.3, 0.4) is 0 Å². The normalized spacial score (nSPS) is 60.7. The predicted octanol–water partition coefficient (Wildman–Crippen LogP) is -0.867. The summed E-state index contributed by atoms with van der Waals surface area (Å²) in [5.74, 6) is -2.51. The topological polar surface area (TPSA) is 106 Å². The number of carbonyl (C=O) groups excluding carboxylic acids is 2. The maximum Gasteiger partial charge on any atom is 0.342 e. The zero-order chi connectivity index (χ0) is 15.9. The van der Waals surface area contributed by atoms with E-state index in [-0.39, 0.29) is 6.42 Å². The van der Waals surface area contributed by atoms with E-state index in [1.54, 1.807) is 20.8 Å². The fourth-order valence-electron chi connectivity index (χ4n) is 5.83. The van der Waals surface area contributed by atoms with Gasteiger partial charge in [-0.15, -0.1) is 0 Å². The van der Waals surface area contributed by atoms with Gasteiger partial charge in [0.15, 0.2) is 6.10 Å². The minimum absolute atomic E-state index is 0.189. The Balaban J connectivity index is 1.76. The molecular weight excluding hydrogens is 292 g/mol. The highest BCUT2D eigenvalue weighted by atomic mass is 16.7. The van der Waals surface area contributed by atoms with E-state index in [1.165, 1.54) is 0 Å². The van der Waals surface area contributed by atoms with Crippen molar-refractivity contribution in [3.8, 4) is 0 Å². The van der Waals surface area contributed by atoms with Gasteiger partial charge >= 0.3 is 11.9 Å². The molecule has 5 rings (SSSR count). The number of hydrogen-bond acceptors (Lipinski definition) is 7. The molecule has 0 amide bonds. The number of aliphatic hydroxyl groups is 2. The van der Waals surface area contributed by atoms with Gasteiger partial charge < -0.3 is 24.4 Å². The van der Waals surface area contributed by atoms with Crippen LogP contribution in [0.4, 0.5) is 0 Å². The molecule has 5 fully saturated rings. The van der Waals surface area contributed by atoms with Crippen molar-refractivity contribution in [2.45, 2.75) is 62.3 Å². The van der Waals surface area contributed by atoms with Crippen LogP contribution in [0.1, 0.15) is 27.2 Å². The van der Waals surface area contributed by atoms with Crippen LogP contribution >= 0.6 is 0 Å². The Morgan fingerprint density at radius 3 is 2.59 bits per heavy atom. The summed E-state index contributed by atoms with van der Waals surface area (Å²) in [6, 6.07) is 0. The van der Waals surface area contributed by atoms with Crippen molar-refractivity contribution in [3.05, 3.63) is 0 Å².